The molecule has 1 atom stereocenters. The number of ketones is 1. The van der Waals surface area contributed by atoms with Gasteiger partial charge >= 0.3 is 0 Å². The summed E-state index contributed by atoms with van der Waals surface area (Å²) in [5.74, 6) is 1.76. The Kier molecular flexibility index (Phi) is 5.78. The van der Waals surface area contributed by atoms with Crippen molar-refractivity contribution in [3.63, 3.8) is 0 Å². The molecule has 0 radical (unpaired) electrons. The van der Waals surface area contributed by atoms with E-state index in [1.54, 1.807) is 12.1 Å². The highest BCUT2D eigenvalue weighted by Gasteiger charge is 2.54. The third kappa shape index (κ3) is 4.53. The minimum Gasteiger partial charge on any atom is -0.385 e. The van der Waals surface area contributed by atoms with Crippen LogP contribution in [0.15, 0.2) is 41.5 Å². The third-order valence-corrected chi connectivity index (χ3v) is 5.58. The van der Waals surface area contributed by atoms with Crippen molar-refractivity contribution in [2.24, 2.45) is 16.6 Å². The first-order valence-electron chi connectivity index (χ1n) is 10.3. The number of rotatable bonds is 4. The predicted molar refractivity (Wildman–Crippen MR) is 113 cm³/mol. The van der Waals surface area contributed by atoms with Crippen LogP contribution < -0.4 is 5.73 Å². The number of halogens is 3. The lowest BCUT2D eigenvalue weighted by Crippen LogP contribution is -2.45. The van der Waals surface area contributed by atoms with Crippen molar-refractivity contribution in [2.75, 3.05) is 13.2 Å². The lowest BCUT2D eigenvalue weighted by Gasteiger charge is -2.33. The smallest absolute Gasteiger partial charge is 0.299 e. The van der Waals surface area contributed by atoms with Crippen molar-refractivity contribution in [3.8, 4) is 11.8 Å². The van der Waals surface area contributed by atoms with Gasteiger partial charge in [-0.15, -0.1) is 0 Å². The predicted octanol–water partition coefficient (Wildman–Crippen LogP) is 3.65. The van der Waals surface area contributed by atoms with Crippen molar-refractivity contribution in [1.82, 2.24) is 4.98 Å². The summed E-state index contributed by atoms with van der Waals surface area (Å²) < 4.78 is 49.2. The molecule has 1 aliphatic heterocycles. The van der Waals surface area contributed by atoms with Gasteiger partial charge < -0.3 is 10.5 Å². The molecule has 0 unspecified atom stereocenters. The number of aromatic nitrogens is 1. The summed E-state index contributed by atoms with van der Waals surface area (Å²) in [6, 6.07) is 6.97. The number of alkyl halides is 2. The molecule has 1 aromatic carbocycles. The Bertz CT molecular complexity index is 1130. The first kappa shape index (κ1) is 22.0. The van der Waals surface area contributed by atoms with Gasteiger partial charge in [0.05, 0.1) is 0 Å². The maximum absolute atomic E-state index is 14.8. The van der Waals surface area contributed by atoms with Gasteiger partial charge in [-0.05, 0) is 49.6 Å². The van der Waals surface area contributed by atoms with Crippen LogP contribution in [-0.4, -0.2) is 35.7 Å². The molecular weight excluding hydrogens is 419 g/mol. The van der Waals surface area contributed by atoms with Gasteiger partial charge in [-0.3, -0.25) is 14.8 Å². The second-order valence-electron chi connectivity index (χ2n) is 8.26. The van der Waals surface area contributed by atoms with Gasteiger partial charge in [-0.2, -0.15) is 0 Å². The molecular formula is C24H22F3N3O2. The van der Waals surface area contributed by atoms with Crippen LogP contribution in [-0.2, 0) is 16.7 Å². The highest BCUT2D eigenvalue weighted by Crippen LogP contribution is 2.43. The molecule has 166 valence electrons. The Labute approximate surface area is 183 Å². The van der Waals surface area contributed by atoms with Crippen molar-refractivity contribution in [1.29, 1.82) is 0 Å². The van der Waals surface area contributed by atoms with Gasteiger partial charge in [-0.25, -0.2) is 13.2 Å². The minimum atomic E-state index is -3.50. The Hall–Kier alpha value is -3.18. The monoisotopic (exact) mass is 441 g/mol. The molecule has 1 aromatic heterocycles. The molecule has 1 saturated carbocycles. The number of ether oxygens (including phenoxy) is 1. The molecule has 2 N–H and O–H groups in total. The van der Waals surface area contributed by atoms with E-state index in [0.717, 1.165) is 31.4 Å². The minimum absolute atomic E-state index is 0.134. The van der Waals surface area contributed by atoms with Crippen LogP contribution in [0.5, 0.6) is 0 Å². The van der Waals surface area contributed by atoms with Crippen molar-refractivity contribution >= 4 is 11.6 Å². The van der Waals surface area contributed by atoms with E-state index < -0.39 is 23.9 Å². The number of carbonyl (C=O) groups excluding carboxylic acids is 1. The first-order valence-corrected chi connectivity index (χ1v) is 10.3. The average Bonchev–Trinajstić information content (AvgIpc) is 3.58. The zero-order chi connectivity index (χ0) is 22.9. The summed E-state index contributed by atoms with van der Waals surface area (Å²) in [5.41, 5.74) is 4.35. The number of benzene rings is 1. The Morgan fingerprint density at radius 3 is 2.75 bits per heavy atom. The highest BCUT2D eigenvalue weighted by atomic mass is 19.3. The van der Waals surface area contributed by atoms with E-state index in [9.17, 15) is 18.0 Å². The van der Waals surface area contributed by atoms with E-state index >= 15 is 0 Å². The van der Waals surface area contributed by atoms with Gasteiger partial charge in [0.1, 0.15) is 30.6 Å². The van der Waals surface area contributed by atoms with E-state index in [0.29, 0.717) is 11.5 Å². The second-order valence-corrected chi connectivity index (χ2v) is 8.26. The molecule has 1 fully saturated rings. The standard InChI is InChI=1S/C24H22F3N3O2/c1-23(24(26,27)14-32-13-22(28)30-23)18-10-17(6-8-19(18)25)11-21(31)20-9-7-16(12-29-20)5-4-15-2-3-15/h6-10,12,15H,2-3,11,13-14H2,1H3,(H2,28,30)/t23-/m1/s1. The summed E-state index contributed by atoms with van der Waals surface area (Å²) in [6.45, 7) is -0.102. The largest absolute Gasteiger partial charge is 0.385 e. The molecule has 2 aromatic rings. The van der Waals surface area contributed by atoms with Crippen molar-refractivity contribution in [2.45, 2.75) is 37.6 Å². The summed E-state index contributed by atoms with van der Waals surface area (Å²) in [6.07, 6.45) is 3.63. The van der Waals surface area contributed by atoms with Crippen LogP contribution in [0.4, 0.5) is 13.2 Å². The third-order valence-electron chi connectivity index (χ3n) is 5.58. The van der Waals surface area contributed by atoms with Crippen LogP contribution in [0.1, 0.15) is 46.9 Å². The van der Waals surface area contributed by atoms with Crippen LogP contribution in [0.2, 0.25) is 0 Å². The summed E-state index contributed by atoms with van der Waals surface area (Å²) in [5, 5.41) is 0. The maximum atomic E-state index is 14.8. The van der Waals surface area contributed by atoms with Gasteiger partial charge in [0.15, 0.2) is 11.3 Å². The van der Waals surface area contributed by atoms with Crippen molar-refractivity contribution < 1.29 is 22.7 Å². The van der Waals surface area contributed by atoms with E-state index in [1.165, 1.54) is 18.3 Å². The molecule has 8 heteroatoms. The number of nitrogens with zero attached hydrogens (tertiary/aromatic N) is 2. The quantitative estimate of drug-likeness (QED) is 0.581. The number of hydrogen-bond donors (Lipinski definition) is 1. The topological polar surface area (TPSA) is 77.6 Å². The average molecular weight is 441 g/mol. The number of pyridine rings is 1. The lowest BCUT2D eigenvalue weighted by atomic mass is 9.84. The zero-order valence-electron chi connectivity index (χ0n) is 17.5. The molecule has 4 rings (SSSR count). The van der Waals surface area contributed by atoms with Crippen LogP contribution in [0.25, 0.3) is 0 Å². The number of carbonyl (C=O) groups is 1. The highest BCUT2D eigenvalue weighted by molar-refractivity contribution is 5.95. The Morgan fingerprint density at radius 2 is 2.06 bits per heavy atom. The number of hydrogen-bond acceptors (Lipinski definition) is 5. The molecule has 0 saturated heterocycles. The van der Waals surface area contributed by atoms with E-state index in [1.807, 2.05) is 0 Å². The van der Waals surface area contributed by atoms with E-state index in [-0.39, 0.29) is 35.9 Å². The van der Waals surface area contributed by atoms with Gasteiger partial charge in [0.25, 0.3) is 5.92 Å². The van der Waals surface area contributed by atoms with Crippen LogP contribution in [0, 0.1) is 23.6 Å². The zero-order valence-corrected chi connectivity index (χ0v) is 17.5. The Balaban J connectivity index is 1.58. The SMILES string of the molecule is C[C@]1(c2cc(CC(=O)c3ccc(C#CC4CC4)cn3)ccc2F)N=C(N)COCC1(F)F. The maximum Gasteiger partial charge on any atom is 0.299 e. The van der Waals surface area contributed by atoms with Crippen molar-refractivity contribution in [3.05, 3.63) is 64.7 Å². The second kappa shape index (κ2) is 8.40. The fourth-order valence-electron chi connectivity index (χ4n) is 3.46. The molecule has 0 bridgehead atoms. The molecule has 1 aliphatic carbocycles. The van der Waals surface area contributed by atoms with Gasteiger partial charge in [0.2, 0.25) is 0 Å². The fourth-order valence-corrected chi connectivity index (χ4v) is 3.46. The molecule has 5 nitrogen and oxygen atoms in total. The number of nitrogens with two attached hydrogens (primary N) is 1. The summed E-state index contributed by atoms with van der Waals surface area (Å²) >= 11 is 0. The number of aliphatic imine (C=N–C) groups is 1. The van der Waals surface area contributed by atoms with E-state index in [4.69, 9.17) is 10.5 Å². The molecule has 32 heavy (non-hydrogen) atoms. The van der Waals surface area contributed by atoms with Gasteiger partial charge in [-0.1, -0.05) is 17.9 Å². The van der Waals surface area contributed by atoms with E-state index in [2.05, 4.69) is 21.8 Å². The first-order chi connectivity index (χ1) is 15.2. The fraction of sp³-hybridized carbons (Fsp3) is 0.375. The Morgan fingerprint density at radius 1 is 1.28 bits per heavy atom. The lowest BCUT2D eigenvalue weighted by molar-refractivity contribution is -0.116. The number of Topliss-reactive ketones (excluding diaryl/α,β-unsaturated/α-hetero) is 1. The molecule has 0 amide bonds. The number of amidine groups is 1. The normalized spacial score (nSPS) is 22.3. The summed E-state index contributed by atoms with van der Waals surface area (Å²) in [7, 11) is 0. The molecule has 2 aliphatic rings. The van der Waals surface area contributed by atoms with Crippen LogP contribution >= 0.6 is 0 Å². The molecule has 0 spiro atoms. The molecule has 2 heterocycles. The van der Waals surface area contributed by atoms with Gasteiger partial charge in [0, 0.05) is 29.7 Å². The van der Waals surface area contributed by atoms with Crippen LogP contribution in [0.3, 0.4) is 0 Å². The summed E-state index contributed by atoms with van der Waals surface area (Å²) in [4.78, 5) is 20.7.